The van der Waals surface area contributed by atoms with Gasteiger partial charge in [0.15, 0.2) is 0 Å². The van der Waals surface area contributed by atoms with E-state index in [0.29, 0.717) is 19.1 Å². The Labute approximate surface area is 213 Å². The number of carbonyl (C=O) groups is 1. The van der Waals surface area contributed by atoms with Crippen molar-refractivity contribution in [2.75, 3.05) is 25.5 Å². The summed E-state index contributed by atoms with van der Waals surface area (Å²) in [5.41, 5.74) is 2.24. The van der Waals surface area contributed by atoms with Gasteiger partial charge in [0, 0.05) is 40.2 Å². The Hall–Kier alpha value is -2.29. The highest BCUT2D eigenvalue weighted by atomic mass is 79.9. The molecule has 1 N–H and O–H groups in total. The van der Waals surface area contributed by atoms with Crippen molar-refractivity contribution < 1.29 is 4.79 Å². The number of halogens is 1. The van der Waals surface area contributed by atoms with E-state index in [-0.39, 0.29) is 5.91 Å². The fourth-order valence-electron chi connectivity index (χ4n) is 5.01. The predicted molar refractivity (Wildman–Crippen MR) is 143 cm³/mol. The van der Waals surface area contributed by atoms with Crippen molar-refractivity contribution in [1.82, 2.24) is 19.8 Å². The van der Waals surface area contributed by atoms with Crippen LogP contribution in [0, 0.1) is 0 Å². The molecule has 1 amide bonds. The van der Waals surface area contributed by atoms with Crippen LogP contribution in [0.3, 0.4) is 0 Å². The maximum Gasteiger partial charge on any atom is 0.246 e. The molecule has 0 spiro atoms. The molecule has 2 aliphatic rings. The first-order valence-corrected chi connectivity index (χ1v) is 13.6. The molecule has 0 unspecified atom stereocenters. The lowest BCUT2D eigenvalue weighted by molar-refractivity contribution is -0.126. The first-order valence-electron chi connectivity index (χ1n) is 12.0. The van der Waals surface area contributed by atoms with Gasteiger partial charge < -0.3 is 10.2 Å². The summed E-state index contributed by atoms with van der Waals surface area (Å²) in [4.78, 5) is 28.5. The van der Waals surface area contributed by atoms with Gasteiger partial charge in [-0.2, -0.15) is 0 Å². The van der Waals surface area contributed by atoms with Crippen molar-refractivity contribution in [1.29, 1.82) is 0 Å². The minimum Gasteiger partial charge on any atom is -0.340 e. The summed E-state index contributed by atoms with van der Waals surface area (Å²) in [6.07, 6.45) is 12.8. The lowest BCUT2D eigenvalue weighted by Gasteiger charge is -2.30. The molecule has 8 heteroatoms. The summed E-state index contributed by atoms with van der Waals surface area (Å²) in [6, 6.07) is 8.71. The SMILES string of the molecule is CN(C/C=C/C(=O)N1CCc2c(sc3ncnc(Nc4cccc(Br)c4)c23)C1)C1CCCCC1. The molecule has 5 rings (SSSR count). The number of hydrogen-bond acceptors (Lipinski definition) is 6. The fraction of sp³-hybridized carbons (Fsp3) is 0.423. The van der Waals surface area contributed by atoms with Crippen LogP contribution in [0.25, 0.3) is 10.2 Å². The van der Waals surface area contributed by atoms with E-state index in [9.17, 15) is 4.79 Å². The molecule has 0 bridgehead atoms. The second-order valence-corrected chi connectivity index (χ2v) is 11.2. The average molecular weight is 541 g/mol. The number of amides is 1. The van der Waals surface area contributed by atoms with Crippen molar-refractivity contribution in [3.05, 3.63) is 57.7 Å². The molecule has 1 fully saturated rings. The van der Waals surface area contributed by atoms with E-state index in [4.69, 9.17) is 0 Å². The van der Waals surface area contributed by atoms with E-state index in [0.717, 1.165) is 39.2 Å². The molecule has 0 saturated heterocycles. The lowest BCUT2D eigenvalue weighted by atomic mass is 9.94. The first-order chi connectivity index (χ1) is 16.6. The van der Waals surface area contributed by atoms with Crippen LogP contribution in [0.4, 0.5) is 11.5 Å². The number of nitrogens with zero attached hydrogens (tertiary/aromatic N) is 4. The van der Waals surface area contributed by atoms with Crippen LogP contribution in [-0.2, 0) is 17.8 Å². The molecule has 178 valence electrons. The van der Waals surface area contributed by atoms with Crippen molar-refractivity contribution >= 4 is 54.9 Å². The summed E-state index contributed by atoms with van der Waals surface area (Å²) in [6.45, 7) is 2.18. The molecule has 2 aromatic heterocycles. The molecule has 0 atom stereocenters. The molecule has 6 nitrogen and oxygen atoms in total. The first kappa shape index (κ1) is 23.5. The Kier molecular flexibility index (Phi) is 7.27. The van der Waals surface area contributed by atoms with Crippen molar-refractivity contribution in [3.8, 4) is 0 Å². The Morgan fingerprint density at radius 2 is 2.15 bits per heavy atom. The summed E-state index contributed by atoms with van der Waals surface area (Å²) >= 11 is 5.20. The normalized spacial score (nSPS) is 17.0. The Balaban J connectivity index is 1.27. The quantitative estimate of drug-likeness (QED) is 0.395. The number of anilines is 2. The van der Waals surface area contributed by atoms with Gasteiger partial charge in [-0.1, -0.05) is 47.3 Å². The van der Waals surface area contributed by atoms with Gasteiger partial charge in [0.25, 0.3) is 0 Å². The largest absolute Gasteiger partial charge is 0.340 e. The van der Waals surface area contributed by atoms with Crippen LogP contribution in [0.1, 0.15) is 42.5 Å². The van der Waals surface area contributed by atoms with E-state index in [1.165, 1.54) is 42.5 Å². The standard InChI is InChI=1S/C26H30BrN5OS/c1-31(20-9-3-2-4-10-20)13-6-11-23(33)32-14-12-21-22(16-32)34-26-24(21)25(28-17-29-26)30-19-8-5-7-18(27)15-19/h5-8,11,15,17,20H,2-4,9-10,12-14,16H2,1H3,(H,28,29,30)/b11-6+. The topological polar surface area (TPSA) is 61.4 Å². The molecular formula is C26H30BrN5OS. The number of hydrogen-bond donors (Lipinski definition) is 1. The molecule has 3 aromatic rings. The van der Waals surface area contributed by atoms with Crippen LogP contribution in [-0.4, -0.2) is 51.9 Å². The van der Waals surface area contributed by atoms with Crippen LogP contribution in [0.5, 0.6) is 0 Å². The smallest absolute Gasteiger partial charge is 0.246 e. The maximum absolute atomic E-state index is 12.9. The molecule has 1 aliphatic heterocycles. The molecule has 1 saturated carbocycles. The summed E-state index contributed by atoms with van der Waals surface area (Å²) in [5, 5.41) is 4.54. The highest BCUT2D eigenvalue weighted by Gasteiger charge is 2.25. The van der Waals surface area contributed by atoms with E-state index >= 15 is 0 Å². The van der Waals surface area contributed by atoms with Gasteiger partial charge >= 0.3 is 0 Å². The minimum atomic E-state index is 0.0960. The number of thiophene rings is 1. The van der Waals surface area contributed by atoms with Gasteiger partial charge in [-0.05, 0) is 50.1 Å². The zero-order valence-electron chi connectivity index (χ0n) is 19.5. The molecule has 3 heterocycles. The maximum atomic E-state index is 12.9. The predicted octanol–water partition coefficient (Wildman–Crippen LogP) is 5.90. The minimum absolute atomic E-state index is 0.0960. The van der Waals surface area contributed by atoms with Crippen molar-refractivity contribution in [3.63, 3.8) is 0 Å². The number of fused-ring (bicyclic) bond motifs is 3. The van der Waals surface area contributed by atoms with Crippen molar-refractivity contribution in [2.24, 2.45) is 0 Å². The second-order valence-electron chi connectivity index (χ2n) is 9.19. The van der Waals surface area contributed by atoms with E-state index in [1.807, 2.05) is 35.2 Å². The monoisotopic (exact) mass is 539 g/mol. The third kappa shape index (κ3) is 5.19. The summed E-state index contributed by atoms with van der Waals surface area (Å²) in [7, 11) is 2.18. The highest BCUT2D eigenvalue weighted by molar-refractivity contribution is 9.10. The zero-order valence-corrected chi connectivity index (χ0v) is 21.9. The zero-order chi connectivity index (χ0) is 23.5. The van der Waals surface area contributed by atoms with E-state index < -0.39 is 0 Å². The summed E-state index contributed by atoms with van der Waals surface area (Å²) in [5.74, 6) is 0.921. The molecular weight excluding hydrogens is 510 g/mol. The van der Waals surface area contributed by atoms with Gasteiger partial charge in [-0.15, -0.1) is 11.3 Å². The third-order valence-electron chi connectivity index (χ3n) is 6.89. The molecule has 1 aliphatic carbocycles. The van der Waals surface area contributed by atoms with Gasteiger partial charge in [-0.3, -0.25) is 9.69 Å². The highest BCUT2D eigenvalue weighted by Crippen LogP contribution is 2.38. The van der Waals surface area contributed by atoms with Gasteiger partial charge in [0.05, 0.1) is 11.9 Å². The Morgan fingerprint density at radius 1 is 1.29 bits per heavy atom. The Morgan fingerprint density at radius 3 is 2.97 bits per heavy atom. The van der Waals surface area contributed by atoms with Crippen LogP contribution in [0.2, 0.25) is 0 Å². The molecule has 0 radical (unpaired) electrons. The number of nitrogens with one attached hydrogen (secondary N) is 1. The van der Waals surface area contributed by atoms with E-state index in [1.54, 1.807) is 23.7 Å². The molecule has 34 heavy (non-hydrogen) atoms. The van der Waals surface area contributed by atoms with E-state index in [2.05, 4.69) is 43.2 Å². The number of carbonyl (C=O) groups excluding carboxylic acids is 1. The Bertz CT molecular complexity index is 1200. The van der Waals surface area contributed by atoms with Gasteiger partial charge in [-0.25, -0.2) is 9.97 Å². The number of aromatic nitrogens is 2. The van der Waals surface area contributed by atoms with Crippen molar-refractivity contribution in [2.45, 2.75) is 51.1 Å². The fourth-order valence-corrected chi connectivity index (χ4v) is 6.61. The summed E-state index contributed by atoms with van der Waals surface area (Å²) < 4.78 is 1.02. The van der Waals surface area contributed by atoms with Gasteiger partial charge in [0.2, 0.25) is 5.91 Å². The molecule has 1 aromatic carbocycles. The third-order valence-corrected chi connectivity index (χ3v) is 8.51. The average Bonchev–Trinajstić information content (AvgIpc) is 3.23. The number of rotatable bonds is 6. The van der Waals surface area contributed by atoms with Gasteiger partial charge in [0.1, 0.15) is 17.0 Å². The number of likely N-dealkylation sites (N-methyl/N-ethyl adjacent to an activating group) is 1. The van der Waals surface area contributed by atoms with Crippen LogP contribution >= 0.6 is 27.3 Å². The lowest BCUT2D eigenvalue weighted by Crippen LogP contribution is -2.35. The van der Waals surface area contributed by atoms with Crippen LogP contribution in [0.15, 0.2) is 47.2 Å². The number of benzene rings is 1. The van der Waals surface area contributed by atoms with Crippen LogP contribution < -0.4 is 5.32 Å². The second kappa shape index (κ2) is 10.5.